The molecule has 6 heterocycles. The minimum atomic E-state index is -1.45. The number of carbonyl (C=O) groups excluding carboxylic acids is 4. The Kier molecular flexibility index (Phi) is 17.9. The number of likely N-dealkylation sites (N-methyl/N-ethyl adjacent to an activating group) is 1. The first-order valence-electron chi connectivity index (χ1n) is 24.5. The third-order valence-electron chi connectivity index (χ3n) is 14.6. The van der Waals surface area contributed by atoms with Gasteiger partial charge >= 0.3 is 18.0 Å². The number of aryl methyl sites for hydroxylation is 1. The van der Waals surface area contributed by atoms with Crippen molar-refractivity contribution < 1.29 is 52.7 Å². The Morgan fingerprint density at radius 3 is 2.45 bits per heavy atom. The number of unbranched alkanes of at least 4 members (excludes halogenated alkanes) is 1. The molecule has 0 radical (unpaired) electrons. The van der Waals surface area contributed by atoms with E-state index in [4.69, 9.17) is 28.4 Å². The summed E-state index contributed by atoms with van der Waals surface area (Å²) in [7, 11) is 3.42. The number of pyridine rings is 2. The number of cyclic esters (lactones) is 1. The minimum Gasteiger partial charge on any atom is -0.461 e. The molecule has 3 fully saturated rings. The van der Waals surface area contributed by atoms with Crippen molar-refractivity contribution in [1.82, 2.24) is 29.3 Å². The van der Waals surface area contributed by atoms with Gasteiger partial charge in [-0.2, -0.15) is 0 Å². The maximum atomic E-state index is 15.1. The van der Waals surface area contributed by atoms with Gasteiger partial charge < -0.3 is 43.0 Å². The third-order valence-corrected chi connectivity index (χ3v) is 14.6. The second kappa shape index (κ2) is 23.2. The summed E-state index contributed by atoms with van der Waals surface area (Å²) in [6.45, 7) is 19.6. The van der Waals surface area contributed by atoms with E-state index in [2.05, 4.69) is 21.5 Å². The Balaban J connectivity index is 1.35. The molecule has 3 aromatic heterocycles. The predicted molar refractivity (Wildman–Crippen MR) is 256 cm³/mol. The average molecular weight is 959 g/mol. The van der Waals surface area contributed by atoms with E-state index in [0.717, 1.165) is 11.3 Å². The second-order valence-corrected chi connectivity index (χ2v) is 19.8. The fourth-order valence-electron chi connectivity index (χ4n) is 10.9. The monoisotopic (exact) mass is 959 g/mol. The summed E-state index contributed by atoms with van der Waals surface area (Å²) >= 11 is 0. The maximum Gasteiger partial charge on any atom is 0.410 e. The third kappa shape index (κ3) is 12.1. The highest BCUT2D eigenvalue weighted by Gasteiger charge is 2.60. The van der Waals surface area contributed by atoms with E-state index in [1.165, 1.54) is 7.11 Å². The second-order valence-electron chi connectivity index (χ2n) is 19.8. The van der Waals surface area contributed by atoms with Crippen molar-refractivity contribution in [1.29, 1.82) is 0 Å². The molecule has 0 saturated carbocycles. The van der Waals surface area contributed by atoms with E-state index in [9.17, 15) is 19.5 Å². The summed E-state index contributed by atoms with van der Waals surface area (Å²) in [5, 5.41) is 11.9. The zero-order valence-electron chi connectivity index (χ0n) is 42.1. The number of amides is 1. The number of carbonyl (C=O) groups is 4. The van der Waals surface area contributed by atoms with Crippen LogP contribution in [0.2, 0.25) is 0 Å². The lowest BCUT2D eigenvalue weighted by Crippen LogP contribution is -2.61. The van der Waals surface area contributed by atoms with Crippen molar-refractivity contribution >= 4 is 23.8 Å². The summed E-state index contributed by atoms with van der Waals surface area (Å²) in [6, 6.07) is 7.84. The number of Topliss-reactive ketones (excluding diaryl/α,β-unsaturated/α-hetero) is 1. The normalized spacial score (nSPS) is 33.6. The number of ketones is 1. The first kappa shape index (κ1) is 53.3. The largest absolute Gasteiger partial charge is 0.461 e. The predicted octanol–water partition coefficient (Wildman–Crippen LogP) is 6.47. The standard InChI is InChI=1S/C52H74N6O11/c1-12-23-56(10)40-26-33(4)65-49(44(40)61)68-47-35(6)45(67-42(59)27-38-20-14-15-22-54-38)36(7)48(62)66-41(13-2)52(9)46(34(5)43(60)32(3)28-51(47,8)64-11)58(50(63)69-52)25-17-16-24-57-30-39(55-31-57)37-19-18-21-53-29-37/h12,14-15,18-22,29-36,40-41,44-47,49,61H,1,13,16-17,23-28H2,2-11H3/t32-,33+,34+,35+,36-,40-,41-,44+,45+,46-,47-,49-,51-,52-/m1/s1. The van der Waals surface area contributed by atoms with Gasteiger partial charge in [0.25, 0.3) is 0 Å². The van der Waals surface area contributed by atoms with Gasteiger partial charge in [0.05, 0.1) is 53.9 Å². The van der Waals surface area contributed by atoms with Crippen LogP contribution < -0.4 is 0 Å². The molecule has 1 N–H and O–H groups in total. The molecule has 0 aliphatic carbocycles. The molecule has 17 nitrogen and oxygen atoms in total. The zero-order chi connectivity index (χ0) is 50.2. The molecule has 0 bridgehead atoms. The van der Waals surface area contributed by atoms with Gasteiger partial charge in [-0.1, -0.05) is 39.8 Å². The number of esters is 2. The molecule has 0 unspecified atom stereocenters. The summed E-state index contributed by atoms with van der Waals surface area (Å²) in [5.41, 5.74) is -0.582. The van der Waals surface area contributed by atoms with Crippen LogP contribution in [0.15, 0.2) is 74.1 Å². The molecule has 3 aromatic rings. The molecule has 3 saturated heterocycles. The van der Waals surface area contributed by atoms with Crippen LogP contribution in [0.5, 0.6) is 0 Å². The lowest BCUT2D eigenvalue weighted by molar-refractivity contribution is -0.302. The number of aromatic nitrogens is 4. The van der Waals surface area contributed by atoms with Crippen LogP contribution in [0.25, 0.3) is 11.3 Å². The first-order valence-corrected chi connectivity index (χ1v) is 24.5. The van der Waals surface area contributed by atoms with Gasteiger partial charge in [0.1, 0.15) is 24.1 Å². The Morgan fingerprint density at radius 2 is 1.78 bits per heavy atom. The van der Waals surface area contributed by atoms with Crippen molar-refractivity contribution in [3.8, 4) is 11.3 Å². The van der Waals surface area contributed by atoms with Crippen molar-refractivity contribution in [2.75, 3.05) is 27.2 Å². The van der Waals surface area contributed by atoms with Crippen LogP contribution in [0.1, 0.15) is 93.2 Å². The SMILES string of the molecule is C=CCN(C)[C@@H]1C[C@H](C)O[C@H](O[C@@H]2[C@@H](C)[C@H](OC(=O)Cc3ccccn3)[C@@H](C)C(=O)O[C@H](CC)[C@@]3(C)OC(=O)N(CCCCn4cnc(-c5cccnc5)c4)[C@@H]3[C@@H](C)C(=O)[C@H](C)C[C@@]2(C)OC)[C@H]1O. The lowest BCUT2D eigenvalue weighted by Gasteiger charge is -2.48. The fourth-order valence-corrected chi connectivity index (χ4v) is 10.9. The first-order chi connectivity index (χ1) is 32.8. The van der Waals surface area contributed by atoms with Crippen molar-refractivity contribution in [2.45, 2.75) is 161 Å². The van der Waals surface area contributed by atoms with Crippen LogP contribution >= 0.6 is 0 Å². The number of nitrogens with zero attached hydrogens (tertiary/aromatic N) is 6. The van der Waals surface area contributed by atoms with Crippen molar-refractivity contribution in [2.24, 2.45) is 23.7 Å². The van der Waals surface area contributed by atoms with Crippen LogP contribution in [0, 0.1) is 23.7 Å². The fraction of sp³-hybridized carbons (Fsp3) is 0.635. The number of aliphatic hydroxyl groups excluding tert-OH is 1. The number of methoxy groups -OCH3 is 1. The Bertz CT molecular complexity index is 2200. The average Bonchev–Trinajstić information content (AvgIpc) is 3.91. The molecule has 17 heteroatoms. The van der Waals surface area contributed by atoms with E-state index in [-0.39, 0.29) is 43.7 Å². The molecule has 378 valence electrons. The Hall–Kier alpha value is -5.07. The van der Waals surface area contributed by atoms with Gasteiger partial charge in [0.2, 0.25) is 0 Å². The quantitative estimate of drug-likeness (QED) is 0.0711. The van der Waals surface area contributed by atoms with E-state index in [0.29, 0.717) is 38.0 Å². The van der Waals surface area contributed by atoms with Crippen LogP contribution in [-0.4, -0.2) is 146 Å². The van der Waals surface area contributed by atoms with Crippen molar-refractivity contribution in [3.63, 3.8) is 0 Å². The number of hydrogen-bond donors (Lipinski definition) is 1. The van der Waals surface area contributed by atoms with Gasteiger partial charge in [-0.05, 0) is 91.1 Å². The Morgan fingerprint density at radius 1 is 1.03 bits per heavy atom. The van der Waals surface area contributed by atoms with E-state index in [1.807, 2.05) is 62.5 Å². The zero-order valence-corrected chi connectivity index (χ0v) is 42.1. The van der Waals surface area contributed by atoms with Gasteiger partial charge in [-0.15, -0.1) is 6.58 Å². The lowest BCUT2D eigenvalue weighted by atomic mass is 9.73. The topological polar surface area (TPSA) is 194 Å². The molecular formula is C52H74N6O11. The number of hydrogen-bond acceptors (Lipinski definition) is 15. The van der Waals surface area contributed by atoms with Crippen LogP contribution in [0.3, 0.4) is 0 Å². The van der Waals surface area contributed by atoms with Gasteiger partial charge in [-0.25, -0.2) is 9.78 Å². The highest BCUT2D eigenvalue weighted by Crippen LogP contribution is 2.44. The molecule has 3 aliphatic rings. The highest BCUT2D eigenvalue weighted by atomic mass is 16.7. The number of fused-ring (bicyclic) bond motifs is 1. The minimum absolute atomic E-state index is 0.106. The summed E-state index contributed by atoms with van der Waals surface area (Å²) in [5.74, 6) is -4.92. The molecule has 69 heavy (non-hydrogen) atoms. The molecule has 0 aromatic carbocycles. The molecular weight excluding hydrogens is 885 g/mol. The van der Waals surface area contributed by atoms with E-state index >= 15 is 4.79 Å². The summed E-state index contributed by atoms with van der Waals surface area (Å²) in [6.07, 6.45) is 6.02. The smallest absolute Gasteiger partial charge is 0.410 e. The number of rotatable bonds is 16. The van der Waals surface area contributed by atoms with Crippen molar-refractivity contribution in [3.05, 3.63) is 79.8 Å². The molecule has 3 aliphatic heterocycles. The highest BCUT2D eigenvalue weighted by molar-refractivity contribution is 5.85. The number of aliphatic hydroxyl groups is 1. The van der Waals surface area contributed by atoms with Crippen LogP contribution in [0.4, 0.5) is 4.79 Å². The molecule has 14 atom stereocenters. The summed E-state index contributed by atoms with van der Waals surface area (Å²) in [4.78, 5) is 74.6. The maximum absolute atomic E-state index is 15.1. The summed E-state index contributed by atoms with van der Waals surface area (Å²) < 4.78 is 40.7. The van der Waals surface area contributed by atoms with Crippen LogP contribution in [-0.2, 0) is 55.8 Å². The van der Waals surface area contributed by atoms with E-state index in [1.54, 1.807) is 81.8 Å². The number of imidazole rings is 1. The Labute approximate surface area is 407 Å². The molecule has 1 amide bonds. The molecule has 6 rings (SSSR count). The van der Waals surface area contributed by atoms with Gasteiger partial charge in [0.15, 0.2) is 11.9 Å². The van der Waals surface area contributed by atoms with E-state index < -0.39 is 89.7 Å². The number of ether oxygens (including phenoxy) is 6. The van der Waals surface area contributed by atoms with Gasteiger partial charge in [0, 0.05) is 80.9 Å². The van der Waals surface area contributed by atoms with Gasteiger partial charge in [-0.3, -0.25) is 29.3 Å². The molecule has 0 spiro atoms.